The third-order valence-electron chi connectivity index (χ3n) is 3.85. The highest BCUT2D eigenvalue weighted by Crippen LogP contribution is 2.38. The molecule has 0 spiro atoms. The van der Waals surface area contributed by atoms with Crippen LogP contribution in [-0.4, -0.2) is 24.1 Å². The van der Waals surface area contributed by atoms with Crippen LogP contribution in [0.1, 0.15) is 17.2 Å². The van der Waals surface area contributed by atoms with Crippen molar-refractivity contribution in [1.29, 1.82) is 0 Å². The number of hydrogen-bond acceptors (Lipinski definition) is 2. The van der Waals surface area contributed by atoms with Gasteiger partial charge in [0.2, 0.25) is 0 Å². The average Bonchev–Trinajstić information content (AvgIpc) is 2.51. The molecule has 0 saturated heterocycles. The van der Waals surface area contributed by atoms with E-state index in [1.807, 2.05) is 50.5 Å². The van der Waals surface area contributed by atoms with Gasteiger partial charge in [-0.25, -0.2) is 0 Å². The number of hydrogen-bond donors (Lipinski definition) is 1. The molecule has 3 aromatic carbocycles. The van der Waals surface area contributed by atoms with Gasteiger partial charge in [0.1, 0.15) is 5.75 Å². The number of phenolic OH excluding ortho intramolecular Hbond substituents is 1. The minimum absolute atomic E-state index is 0.0253. The van der Waals surface area contributed by atoms with Crippen molar-refractivity contribution in [1.82, 2.24) is 4.90 Å². The van der Waals surface area contributed by atoms with Crippen molar-refractivity contribution in [3.63, 3.8) is 0 Å². The Balaban J connectivity index is 2.28. The maximum absolute atomic E-state index is 10.5. The van der Waals surface area contributed by atoms with Gasteiger partial charge in [0, 0.05) is 5.56 Å². The summed E-state index contributed by atoms with van der Waals surface area (Å²) in [5.41, 5.74) is 2.14. The van der Waals surface area contributed by atoms with Crippen LogP contribution in [0.25, 0.3) is 10.8 Å². The first-order valence-electron chi connectivity index (χ1n) is 7.10. The van der Waals surface area contributed by atoms with Crippen LogP contribution in [0.2, 0.25) is 0 Å². The number of phenols is 1. The molecule has 2 heteroatoms. The second kappa shape index (κ2) is 5.58. The maximum Gasteiger partial charge on any atom is 0.121 e. The van der Waals surface area contributed by atoms with Crippen molar-refractivity contribution in [2.24, 2.45) is 0 Å². The zero-order chi connectivity index (χ0) is 14.8. The Morgan fingerprint density at radius 3 is 2.19 bits per heavy atom. The zero-order valence-electron chi connectivity index (χ0n) is 12.3. The Hall–Kier alpha value is -2.32. The lowest BCUT2D eigenvalue weighted by atomic mass is 9.92. The van der Waals surface area contributed by atoms with Gasteiger partial charge in [-0.1, -0.05) is 60.7 Å². The molecule has 1 unspecified atom stereocenters. The van der Waals surface area contributed by atoms with E-state index in [4.69, 9.17) is 0 Å². The van der Waals surface area contributed by atoms with E-state index in [0.717, 1.165) is 16.3 Å². The van der Waals surface area contributed by atoms with E-state index >= 15 is 0 Å². The van der Waals surface area contributed by atoms with Gasteiger partial charge in [-0.2, -0.15) is 0 Å². The summed E-state index contributed by atoms with van der Waals surface area (Å²) in [5, 5.41) is 12.7. The molecule has 0 bridgehead atoms. The molecule has 0 aliphatic heterocycles. The fourth-order valence-electron chi connectivity index (χ4n) is 2.93. The summed E-state index contributed by atoms with van der Waals surface area (Å²) in [4.78, 5) is 2.14. The molecule has 0 heterocycles. The van der Waals surface area contributed by atoms with Crippen molar-refractivity contribution >= 4 is 10.8 Å². The van der Waals surface area contributed by atoms with Crippen molar-refractivity contribution in [2.75, 3.05) is 14.1 Å². The molecule has 0 amide bonds. The Kier molecular flexibility index (Phi) is 3.63. The average molecular weight is 277 g/mol. The minimum Gasteiger partial charge on any atom is -0.508 e. The summed E-state index contributed by atoms with van der Waals surface area (Å²) in [6, 6.07) is 22.3. The topological polar surface area (TPSA) is 23.5 Å². The highest BCUT2D eigenvalue weighted by atomic mass is 16.3. The summed E-state index contributed by atoms with van der Waals surface area (Å²) >= 11 is 0. The number of benzene rings is 3. The first-order chi connectivity index (χ1) is 10.2. The molecule has 21 heavy (non-hydrogen) atoms. The molecule has 1 N–H and O–H groups in total. The Morgan fingerprint density at radius 2 is 1.48 bits per heavy atom. The van der Waals surface area contributed by atoms with Crippen LogP contribution in [0, 0.1) is 0 Å². The Labute approximate surface area is 125 Å². The molecule has 0 saturated carbocycles. The molecule has 3 rings (SSSR count). The van der Waals surface area contributed by atoms with Crippen molar-refractivity contribution in [3.8, 4) is 5.75 Å². The molecule has 1 atom stereocenters. The monoisotopic (exact) mass is 277 g/mol. The lowest BCUT2D eigenvalue weighted by Gasteiger charge is -2.27. The van der Waals surface area contributed by atoms with E-state index in [2.05, 4.69) is 29.2 Å². The maximum atomic E-state index is 10.5. The van der Waals surface area contributed by atoms with Crippen LogP contribution >= 0.6 is 0 Å². The molecule has 3 aromatic rings. The van der Waals surface area contributed by atoms with Crippen LogP contribution in [-0.2, 0) is 0 Å². The van der Waals surface area contributed by atoms with Gasteiger partial charge < -0.3 is 5.11 Å². The van der Waals surface area contributed by atoms with E-state index in [1.54, 1.807) is 6.07 Å². The molecular formula is C19H19NO. The van der Waals surface area contributed by atoms with E-state index in [-0.39, 0.29) is 6.04 Å². The van der Waals surface area contributed by atoms with Crippen molar-refractivity contribution < 1.29 is 5.11 Å². The van der Waals surface area contributed by atoms with Crippen LogP contribution in [0.5, 0.6) is 5.75 Å². The lowest BCUT2D eigenvalue weighted by molar-refractivity contribution is 0.333. The number of nitrogens with zero attached hydrogens (tertiary/aromatic N) is 1. The first-order valence-corrected chi connectivity index (χ1v) is 7.10. The highest BCUT2D eigenvalue weighted by Gasteiger charge is 2.22. The SMILES string of the molecule is CN(C)C(c1ccccc1)c1c(O)ccc2ccccc12. The molecular weight excluding hydrogens is 258 g/mol. The fourth-order valence-corrected chi connectivity index (χ4v) is 2.93. The normalized spacial score (nSPS) is 12.7. The summed E-state index contributed by atoms with van der Waals surface area (Å²) in [5.74, 6) is 0.344. The second-order valence-electron chi connectivity index (χ2n) is 5.50. The fraction of sp³-hybridized carbons (Fsp3) is 0.158. The van der Waals surface area contributed by atoms with Gasteiger partial charge in [0.25, 0.3) is 0 Å². The van der Waals surface area contributed by atoms with Crippen LogP contribution in [0.15, 0.2) is 66.7 Å². The smallest absolute Gasteiger partial charge is 0.121 e. The molecule has 106 valence electrons. The Bertz CT molecular complexity index is 750. The van der Waals surface area contributed by atoms with Gasteiger partial charge in [-0.05, 0) is 36.5 Å². The van der Waals surface area contributed by atoms with Gasteiger partial charge in [-0.3, -0.25) is 4.90 Å². The molecule has 0 aliphatic carbocycles. The summed E-state index contributed by atoms with van der Waals surface area (Å²) in [7, 11) is 4.08. The molecule has 0 aliphatic rings. The van der Waals surface area contributed by atoms with Crippen molar-refractivity contribution in [3.05, 3.63) is 77.9 Å². The Morgan fingerprint density at radius 1 is 0.810 bits per heavy atom. The zero-order valence-corrected chi connectivity index (χ0v) is 12.3. The quantitative estimate of drug-likeness (QED) is 0.775. The number of aromatic hydroxyl groups is 1. The van der Waals surface area contributed by atoms with Gasteiger partial charge >= 0.3 is 0 Å². The lowest BCUT2D eigenvalue weighted by Crippen LogP contribution is -2.21. The third kappa shape index (κ3) is 2.50. The highest BCUT2D eigenvalue weighted by molar-refractivity contribution is 5.88. The number of rotatable bonds is 3. The number of fused-ring (bicyclic) bond motifs is 1. The predicted octanol–water partition coefficient (Wildman–Crippen LogP) is 4.20. The van der Waals surface area contributed by atoms with Crippen LogP contribution in [0.4, 0.5) is 0 Å². The van der Waals surface area contributed by atoms with E-state index in [9.17, 15) is 5.11 Å². The molecule has 0 radical (unpaired) electrons. The summed E-state index contributed by atoms with van der Waals surface area (Å²) in [6.07, 6.45) is 0. The van der Waals surface area contributed by atoms with E-state index < -0.39 is 0 Å². The van der Waals surface area contributed by atoms with Gasteiger partial charge in [-0.15, -0.1) is 0 Å². The summed E-state index contributed by atoms with van der Waals surface area (Å²) in [6.45, 7) is 0. The first kappa shape index (κ1) is 13.7. The van der Waals surface area contributed by atoms with Crippen LogP contribution < -0.4 is 0 Å². The largest absolute Gasteiger partial charge is 0.508 e. The van der Waals surface area contributed by atoms with E-state index in [1.165, 1.54) is 5.56 Å². The van der Waals surface area contributed by atoms with Gasteiger partial charge in [0.05, 0.1) is 6.04 Å². The van der Waals surface area contributed by atoms with Crippen molar-refractivity contribution in [2.45, 2.75) is 6.04 Å². The molecule has 2 nitrogen and oxygen atoms in total. The minimum atomic E-state index is 0.0253. The van der Waals surface area contributed by atoms with Crippen LogP contribution in [0.3, 0.4) is 0 Å². The summed E-state index contributed by atoms with van der Waals surface area (Å²) < 4.78 is 0. The second-order valence-corrected chi connectivity index (χ2v) is 5.50. The molecule has 0 fully saturated rings. The predicted molar refractivity (Wildman–Crippen MR) is 87.6 cm³/mol. The standard InChI is InChI=1S/C19H19NO/c1-20(2)19(15-9-4-3-5-10-15)18-16-11-7-6-8-14(16)12-13-17(18)21/h3-13,19,21H,1-2H3. The van der Waals surface area contributed by atoms with Gasteiger partial charge in [0.15, 0.2) is 0 Å². The third-order valence-corrected chi connectivity index (χ3v) is 3.85. The van der Waals surface area contributed by atoms with E-state index in [0.29, 0.717) is 5.75 Å². The molecule has 0 aromatic heterocycles.